The number of thiazole rings is 1. The van der Waals surface area contributed by atoms with Crippen LogP contribution in [0, 0.1) is 29.5 Å². The number of amides is 2. The molecule has 1 aliphatic carbocycles. The molecule has 0 aliphatic heterocycles. The third-order valence-electron chi connectivity index (χ3n) is 5.28. The van der Waals surface area contributed by atoms with Crippen molar-refractivity contribution in [2.24, 2.45) is 0 Å². The molecule has 2 amide bonds. The van der Waals surface area contributed by atoms with Gasteiger partial charge in [-0.1, -0.05) is 18.2 Å². The van der Waals surface area contributed by atoms with Gasteiger partial charge >= 0.3 is 6.03 Å². The van der Waals surface area contributed by atoms with Gasteiger partial charge in [-0.05, 0) is 36.5 Å². The fourth-order valence-corrected chi connectivity index (χ4v) is 4.02. The van der Waals surface area contributed by atoms with Gasteiger partial charge in [0.15, 0.2) is 5.01 Å². The van der Waals surface area contributed by atoms with Gasteiger partial charge in [-0.25, -0.2) is 14.2 Å². The SMILES string of the molecule is C#Cc1nc(NC(=O)N[C@@H](CO)c2ccc(-c3c(F)cccc3C3(C#N)CC3)cn2)cs1. The number of aliphatic hydroxyl groups excluding tert-OH is 1. The molecule has 9 heteroatoms. The van der Waals surface area contributed by atoms with Gasteiger partial charge in [-0.15, -0.1) is 17.8 Å². The average Bonchev–Trinajstić information content (AvgIpc) is 3.49. The molecule has 0 unspecified atom stereocenters. The summed E-state index contributed by atoms with van der Waals surface area (Å²) in [6.07, 6.45) is 8.13. The molecule has 4 rings (SSSR count). The number of carbonyl (C=O) groups excluding carboxylic acids is 1. The second-order valence-electron chi connectivity index (χ2n) is 7.34. The van der Waals surface area contributed by atoms with Crippen LogP contribution in [0.15, 0.2) is 41.9 Å². The quantitative estimate of drug-likeness (QED) is 0.499. The lowest BCUT2D eigenvalue weighted by Gasteiger charge is -2.17. The highest BCUT2D eigenvalue weighted by atomic mass is 32.1. The summed E-state index contributed by atoms with van der Waals surface area (Å²) in [5, 5.41) is 26.5. The number of rotatable bonds is 6. The minimum atomic E-state index is -0.788. The van der Waals surface area contributed by atoms with Gasteiger partial charge in [-0.3, -0.25) is 10.3 Å². The fraction of sp³-hybridized carbons (Fsp3) is 0.217. The lowest BCUT2D eigenvalue weighted by molar-refractivity contribution is 0.224. The topological polar surface area (TPSA) is 111 Å². The zero-order valence-corrected chi connectivity index (χ0v) is 17.6. The summed E-state index contributed by atoms with van der Waals surface area (Å²) < 4.78 is 14.7. The van der Waals surface area contributed by atoms with Crippen LogP contribution in [0.1, 0.15) is 35.1 Å². The van der Waals surface area contributed by atoms with Crippen LogP contribution in [-0.4, -0.2) is 27.7 Å². The second-order valence-corrected chi connectivity index (χ2v) is 8.20. The second kappa shape index (κ2) is 8.75. The minimum Gasteiger partial charge on any atom is -0.394 e. The fourth-order valence-electron chi connectivity index (χ4n) is 3.46. The van der Waals surface area contributed by atoms with Crippen molar-refractivity contribution in [2.45, 2.75) is 24.3 Å². The van der Waals surface area contributed by atoms with E-state index >= 15 is 0 Å². The summed E-state index contributed by atoms with van der Waals surface area (Å²) in [4.78, 5) is 20.6. The number of nitriles is 1. The Bertz CT molecular complexity index is 1240. The highest BCUT2D eigenvalue weighted by molar-refractivity contribution is 7.10. The average molecular weight is 447 g/mol. The molecule has 3 aromatic rings. The van der Waals surface area contributed by atoms with Crippen molar-refractivity contribution < 1.29 is 14.3 Å². The molecular weight excluding hydrogens is 429 g/mol. The van der Waals surface area contributed by atoms with Crippen LogP contribution in [0.5, 0.6) is 0 Å². The van der Waals surface area contributed by atoms with Crippen LogP contribution < -0.4 is 10.6 Å². The van der Waals surface area contributed by atoms with Crippen LogP contribution in [0.25, 0.3) is 11.1 Å². The predicted octanol–water partition coefficient (Wildman–Crippen LogP) is 3.74. The highest BCUT2D eigenvalue weighted by Gasteiger charge is 2.46. The Kier molecular flexibility index (Phi) is 5.87. The first-order chi connectivity index (χ1) is 15.5. The number of aliphatic hydroxyl groups is 1. The largest absolute Gasteiger partial charge is 0.394 e. The molecule has 1 fully saturated rings. The first-order valence-electron chi connectivity index (χ1n) is 9.77. The number of terminal acetylenes is 1. The van der Waals surface area contributed by atoms with Crippen molar-refractivity contribution in [1.82, 2.24) is 15.3 Å². The number of halogens is 1. The smallest absolute Gasteiger partial charge is 0.321 e. The summed E-state index contributed by atoms with van der Waals surface area (Å²) in [6.45, 7) is -0.394. The summed E-state index contributed by atoms with van der Waals surface area (Å²) in [5.41, 5.74) is 1.27. The Labute approximate surface area is 188 Å². The molecule has 0 radical (unpaired) electrons. The van der Waals surface area contributed by atoms with E-state index in [0.717, 1.165) is 0 Å². The zero-order valence-electron chi connectivity index (χ0n) is 16.8. The monoisotopic (exact) mass is 447 g/mol. The van der Waals surface area contributed by atoms with E-state index < -0.39 is 29.9 Å². The Hall–Kier alpha value is -3.79. The lowest BCUT2D eigenvalue weighted by Crippen LogP contribution is -2.34. The van der Waals surface area contributed by atoms with Crippen LogP contribution in [-0.2, 0) is 5.41 Å². The number of hydrogen-bond acceptors (Lipinski definition) is 6. The normalized spacial score (nSPS) is 14.6. The lowest BCUT2D eigenvalue weighted by atomic mass is 9.89. The van der Waals surface area contributed by atoms with Crippen molar-refractivity contribution in [3.05, 3.63) is 64.0 Å². The van der Waals surface area contributed by atoms with Crippen molar-refractivity contribution in [3.63, 3.8) is 0 Å². The van der Waals surface area contributed by atoms with Crippen molar-refractivity contribution in [1.29, 1.82) is 5.26 Å². The van der Waals surface area contributed by atoms with Gasteiger partial charge in [0.1, 0.15) is 11.6 Å². The number of urea groups is 1. The third kappa shape index (κ3) is 4.17. The predicted molar refractivity (Wildman–Crippen MR) is 118 cm³/mol. The molecule has 2 heterocycles. The van der Waals surface area contributed by atoms with Crippen LogP contribution in [0.3, 0.4) is 0 Å². The van der Waals surface area contributed by atoms with E-state index in [4.69, 9.17) is 6.42 Å². The van der Waals surface area contributed by atoms with Crippen molar-refractivity contribution >= 4 is 23.2 Å². The summed E-state index contributed by atoms with van der Waals surface area (Å²) >= 11 is 1.22. The number of anilines is 1. The number of hydrogen-bond donors (Lipinski definition) is 3. The van der Waals surface area contributed by atoms with E-state index in [9.17, 15) is 19.6 Å². The number of benzene rings is 1. The minimum absolute atomic E-state index is 0.305. The van der Waals surface area contributed by atoms with E-state index in [1.807, 2.05) is 0 Å². The molecule has 2 aromatic heterocycles. The van der Waals surface area contributed by atoms with Gasteiger partial charge < -0.3 is 10.4 Å². The van der Waals surface area contributed by atoms with E-state index in [-0.39, 0.29) is 0 Å². The van der Waals surface area contributed by atoms with E-state index in [1.54, 1.807) is 29.6 Å². The summed E-state index contributed by atoms with van der Waals surface area (Å²) in [6, 6.07) is 8.94. The van der Waals surface area contributed by atoms with E-state index in [0.29, 0.717) is 46.1 Å². The molecule has 32 heavy (non-hydrogen) atoms. The Morgan fingerprint density at radius 3 is 2.78 bits per heavy atom. The summed E-state index contributed by atoms with van der Waals surface area (Å²) in [7, 11) is 0. The van der Waals surface area contributed by atoms with Gasteiger partial charge in [0.2, 0.25) is 0 Å². The van der Waals surface area contributed by atoms with Gasteiger partial charge in [0, 0.05) is 22.7 Å². The molecule has 160 valence electrons. The number of carbonyl (C=O) groups is 1. The van der Waals surface area contributed by atoms with Gasteiger partial charge in [-0.2, -0.15) is 5.26 Å². The van der Waals surface area contributed by atoms with Crippen molar-refractivity contribution in [2.75, 3.05) is 11.9 Å². The first-order valence-corrected chi connectivity index (χ1v) is 10.6. The Balaban J connectivity index is 1.53. The number of aromatic nitrogens is 2. The molecule has 0 spiro atoms. The number of nitrogens with one attached hydrogen (secondary N) is 2. The van der Waals surface area contributed by atoms with Crippen molar-refractivity contribution in [3.8, 4) is 29.5 Å². The first kappa shape index (κ1) is 21.4. The van der Waals surface area contributed by atoms with Gasteiger partial charge in [0.25, 0.3) is 0 Å². The Morgan fingerprint density at radius 2 is 2.19 bits per heavy atom. The van der Waals surface area contributed by atoms with Crippen LogP contribution >= 0.6 is 11.3 Å². The molecule has 1 aliphatic rings. The molecule has 0 bridgehead atoms. The molecule has 7 nitrogen and oxygen atoms in total. The number of nitrogens with zero attached hydrogens (tertiary/aromatic N) is 3. The van der Waals surface area contributed by atoms with E-state index in [2.05, 4.69) is 32.6 Å². The third-order valence-corrected chi connectivity index (χ3v) is 6.06. The molecular formula is C23H18FN5O2S. The van der Waals surface area contributed by atoms with E-state index in [1.165, 1.54) is 23.6 Å². The van der Waals surface area contributed by atoms with Crippen LogP contribution in [0.4, 0.5) is 15.0 Å². The molecule has 1 atom stereocenters. The molecule has 1 saturated carbocycles. The van der Waals surface area contributed by atoms with Gasteiger partial charge in [0.05, 0.1) is 29.8 Å². The molecule has 1 aromatic carbocycles. The zero-order chi connectivity index (χ0) is 22.7. The summed E-state index contributed by atoms with van der Waals surface area (Å²) in [5.74, 6) is 2.26. The maximum Gasteiger partial charge on any atom is 0.321 e. The molecule has 3 N–H and O–H groups in total. The Morgan fingerprint density at radius 1 is 1.38 bits per heavy atom. The highest BCUT2D eigenvalue weighted by Crippen LogP contribution is 2.51. The number of pyridine rings is 1. The molecule has 0 saturated heterocycles. The maximum absolute atomic E-state index is 14.7. The van der Waals surface area contributed by atoms with Crippen LogP contribution in [0.2, 0.25) is 0 Å². The maximum atomic E-state index is 14.7. The standard InChI is InChI=1S/C23H18FN5O2S/c1-2-20-28-19(12-32-20)29-22(31)27-18(11-30)17-7-6-14(10-26-17)21-15(4-3-5-16(21)24)23(13-25)8-9-23/h1,3-7,10,12,18,30H,8-9,11H2,(H2,27,29,31)/t18-/m0/s1.